The highest BCUT2D eigenvalue weighted by molar-refractivity contribution is 5.76. The topological polar surface area (TPSA) is 61.4 Å². The van der Waals surface area contributed by atoms with Crippen molar-refractivity contribution in [3.63, 3.8) is 0 Å². The number of amides is 1. The molecule has 1 amide bonds. The molecule has 2 aliphatic heterocycles. The van der Waals surface area contributed by atoms with Crippen LogP contribution in [0.5, 0.6) is 0 Å². The zero-order valence-electron chi connectivity index (χ0n) is 16.6. The quantitative estimate of drug-likeness (QED) is 0.883. The fraction of sp³-hybridized carbons (Fsp3) is 0.762. The lowest BCUT2D eigenvalue weighted by Gasteiger charge is -2.49. The molecule has 1 spiro atoms. The van der Waals surface area contributed by atoms with Crippen molar-refractivity contribution >= 4 is 5.91 Å². The van der Waals surface area contributed by atoms with E-state index >= 15 is 0 Å². The lowest BCUT2D eigenvalue weighted by atomic mass is 9.86. The van der Waals surface area contributed by atoms with E-state index in [9.17, 15) is 4.79 Å². The minimum Gasteiger partial charge on any atom is -0.356 e. The fourth-order valence-corrected chi connectivity index (χ4v) is 5.09. The van der Waals surface area contributed by atoms with Crippen molar-refractivity contribution < 1.29 is 4.79 Å². The van der Waals surface area contributed by atoms with Crippen LogP contribution in [0.3, 0.4) is 0 Å². The van der Waals surface area contributed by atoms with Crippen LogP contribution in [0, 0.1) is 0 Å². The Morgan fingerprint density at radius 1 is 1.15 bits per heavy atom. The summed E-state index contributed by atoms with van der Waals surface area (Å²) in [5, 5.41) is 3.03. The van der Waals surface area contributed by atoms with Crippen LogP contribution in [0.25, 0.3) is 0 Å². The second-order valence-corrected chi connectivity index (χ2v) is 8.74. The predicted octanol–water partition coefficient (Wildman–Crippen LogP) is 2.31. The molecule has 1 aromatic heterocycles. The number of nitrogens with one attached hydrogen (secondary N) is 1. The summed E-state index contributed by atoms with van der Waals surface area (Å²) in [4.78, 5) is 26.2. The van der Waals surface area contributed by atoms with Crippen LogP contribution in [-0.4, -0.2) is 64.4 Å². The number of rotatable bonds is 3. The molecule has 1 atom stereocenters. The minimum absolute atomic E-state index is 0.111. The van der Waals surface area contributed by atoms with E-state index in [0.717, 1.165) is 51.4 Å². The smallest absolute Gasteiger partial charge is 0.220 e. The van der Waals surface area contributed by atoms with Crippen molar-refractivity contribution in [1.82, 2.24) is 25.1 Å². The highest BCUT2D eigenvalue weighted by Crippen LogP contribution is 2.32. The summed E-state index contributed by atoms with van der Waals surface area (Å²) in [5.74, 6) is 1.81. The number of aromatic nitrogens is 2. The van der Waals surface area contributed by atoms with Crippen LogP contribution >= 0.6 is 0 Å². The highest BCUT2D eigenvalue weighted by atomic mass is 16.1. The maximum Gasteiger partial charge on any atom is 0.220 e. The number of likely N-dealkylation sites (N-methyl/N-ethyl adjacent to an activating group) is 1. The van der Waals surface area contributed by atoms with E-state index in [0.29, 0.717) is 12.3 Å². The molecular weight excluding hydrogens is 338 g/mol. The molecule has 1 unspecified atom stereocenters. The summed E-state index contributed by atoms with van der Waals surface area (Å²) in [6.07, 6.45) is 13.2. The van der Waals surface area contributed by atoms with Gasteiger partial charge >= 0.3 is 0 Å². The first kappa shape index (κ1) is 18.8. The molecule has 1 aliphatic carbocycles. The largest absolute Gasteiger partial charge is 0.356 e. The van der Waals surface area contributed by atoms with Gasteiger partial charge in [0.25, 0.3) is 0 Å². The summed E-state index contributed by atoms with van der Waals surface area (Å²) < 4.78 is 0. The summed E-state index contributed by atoms with van der Waals surface area (Å²) in [6, 6.07) is 0. The van der Waals surface area contributed by atoms with Gasteiger partial charge < -0.3 is 5.32 Å². The SMILES string of the molecule is CN1CCN(Cc2cnc(C3CCCCC3)nc2)CC12CCNC(=O)CC2. The molecule has 0 aromatic carbocycles. The van der Waals surface area contributed by atoms with Gasteiger partial charge in [0, 0.05) is 68.6 Å². The molecule has 1 aromatic rings. The van der Waals surface area contributed by atoms with E-state index in [4.69, 9.17) is 9.97 Å². The first-order valence-corrected chi connectivity index (χ1v) is 10.7. The van der Waals surface area contributed by atoms with Gasteiger partial charge in [-0.3, -0.25) is 14.6 Å². The second-order valence-electron chi connectivity index (χ2n) is 8.74. The van der Waals surface area contributed by atoms with E-state index in [2.05, 4.69) is 22.2 Å². The van der Waals surface area contributed by atoms with E-state index in [1.165, 1.54) is 37.7 Å². The van der Waals surface area contributed by atoms with Gasteiger partial charge in [0.05, 0.1) is 0 Å². The van der Waals surface area contributed by atoms with Crippen LogP contribution in [0.1, 0.15) is 68.7 Å². The number of carbonyl (C=O) groups excluding carboxylic acids is 1. The Kier molecular flexibility index (Phi) is 5.74. The van der Waals surface area contributed by atoms with Crippen LogP contribution in [0.15, 0.2) is 12.4 Å². The first-order valence-electron chi connectivity index (χ1n) is 10.7. The Labute approximate surface area is 162 Å². The molecule has 1 saturated carbocycles. The third-order valence-electron chi connectivity index (χ3n) is 6.91. The minimum atomic E-state index is 0.111. The van der Waals surface area contributed by atoms with Crippen molar-refractivity contribution in [3.8, 4) is 0 Å². The summed E-state index contributed by atoms with van der Waals surface area (Å²) in [6.45, 7) is 4.82. The van der Waals surface area contributed by atoms with Crippen LogP contribution in [-0.2, 0) is 11.3 Å². The van der Waals surface area contributed by atoms with Crippen LogP contribution < -0.4 is 5.32 Å². The van der Waals surface area contributed by atoms with Crippen molar-refractivity contribution in [3.05, 3.63) is 23.8 Å². The molecule has 0 radical (unpaired) electrons. The Morgan fingerprint density at radius 3 is 2.70 bits per heavy atom. The Morgan fingerprint density at radius 2 is 1.93 bits per heavy atom. The van der Waals surface area contributed by atoms with E-state index in [-0.39, 0.29) is 11.4 Å². The van der Waals surface area contributed by atoms with Gasteiger partial charge in [-0.1, -0.05) is 19.3 Å². The lowest BCUT2D eigenvalue weighted by Crippen LogP contribution is -2.60. The molecule has 3 heterocycles. The van der Waals surface area contributed by atoms with Gasteiger partial charge in [-0.15, -0.1) is 0 Å². The van der Waals surface area contributed by atoms with E-state index in [1.807, 2.05) is 12.4 Å². The number of hydrogen-bond acceptors (Lipinski definition) is 5. The lowest BCUT2D eigenvalue weighted by molar-refractivity contribution is -0.121. The summed E-state index contributed by atoms with van der Waals surface area (Å²) in [7, 11) is 2.22. The van der Waals surface area contributed by atoms with Crippen molar-refractivity contribution in [2.45, 2.75) is 69.4 Å². The van der Waals surface area contributed by atoms with Crippen LogP contribution in [0.2, 0.25) is 0 Å². The Hall–Kier alpha value is -1.53. The molecular formula is C21H33N5O. The predicted molar refractivity (Wildman–Crippen MR) is 105 cm³/mol. The van der Waals surface area contributed by atoms with Gasteiger partial charge in [-0.2, -0.15) is 0 Å². The van der Waals surface area contributed by atoms with Crippen molar-refractivity contribution in [1.29, 1.82) is 0 Å². The summed E-state index contributed by atoms with van der Waals surface area (Å²) >= 11 is 0. The molecule has 3 aliphatic rings. The molecule has 6 heteroatoms. The maximum atomic E-state index is 11.8. The average molecular weight is 372 g/mol. The van der Waals surface area contributed by atoms with E-state index < -0.39 is 0 Å². The zero-order valence-corrected chi connectivity index (χ0v) is 16.6. The molecule has 6 nitrogen and oxygen atoms in total. The molecule has 27 heavy (non-hydrogen) atoms. The molecule has 0 bridgehead atoms. The summed E-state index contributed by atoms with van der Waals surface area (Å²) in [5.41, 5.74) is 1.32. The standard InChI is InChI=1S/C21H33N5O/c1-25-11-12-26(16-21(25)8-7-19(27)22-10-9-21)15-17-13-23-20(24-14-17)18-5-3-2-4-6-18/h13-14,18H,2-12,15-16H2,1H3,(H,22,27). The van der Waals surface area contributed by atoms with Crippen molar-refractivity contribution in [2.75, 3.05) is 33.2 Å². The second kappa shape index (κ2) is 8.23. The normalized spacial score (nSPS) is 28.9. The van der Waals surface area contributed by atoms with Gasteiger partial charge in [0.15, 0.2) is 0 Å². The zero-order chi connectivity index (χ0) is 18.7. The average Bonchev–Trinajstić information content (AvgIpc) is 2.88. The third kappa shape index (κ3) is 4.32. The molecule has 2 saturated heterocycles. The van der Waals surface area contributed by atoms with Gasteiger partial charge in [0.2, 0.25) is 5.91 Å². The van der Waals surface area contributed by atoms with Crippen LogP contribution in [0.4, 0.5) is 0 Å². The number of nitrogens with zero attached hydrogens (tertiary/aromatic N) is 4. The van der Waals surface area contributed by atoms with E-state index in [1.54, 1.807) is 0 Å². The van der Waals surface area contributed by atoms with Gasteiger partial charge in [-0.05, 0) is 32.7 Å². The Bertz CT molecular complexity index is 642. The molecule has 148 valence electrons. The number of hydrogen-bond donors (Lipinski definition) is 1. The number of piperazine rings is 1. The maximum absolute atomic E-state index is 11.8. The van der Waals surface area contributed by atoms with Crippen molar-refractivity contribution in [2.24, 2.45) is 0 Å². The molecule has 3 fully saturated rings. The number of carbonyl (C=O) groups is 1. The first-order chi connectivity index (χ1) is 13.1. The molecule has 1 N–H and O–H groups in total. The van der Waals surface area contributed by atoms with Gasteiger partial charge in [-0.25, -0.2) is 9.97 Å². The van der Waals surface area contributed by atoms with Gasteiger partial charge in [0.1, 0.15) is 5.82 Å². The fourth-order valence-electron chi connectivity index (χ4n) is 5.09. The Balaban J connectivity index is 1.39. The molecule has 4 rings (SSSR count). The third-order valence-corrected chi connectivity index (χ3v) is 6.91. The highest BCUT2D eigenvalue weighted by Gasteiger charge is 2.40. The monoisotopic (exact) mass is 371 g/mol.